The zero-order chi connectivity index (χ0) is 15.6. The first-order chi connectivity index (χ1) is 7.68. The van der Waals surface area contributed by atoms with Gasteiger partial charge in [0.25, 0.3) is 0 Å². The maximum atomic E-state index is 10.1. The highest BCUT2D eigenvalue weighted by Crippen LogP contribution is 2.34. The van der Waals surface area contributed by atoms with Gasteiger partial charge in [-0.1, -0.05) is 20.8 Å². The fourth-order valence-electron chi connectivity index (χ4n) is 0. The molecule has 0 aromatic rings. The molecule has 0 rings (SSSR count). The summed E-state index contributed by atoms with van der Waals surface area (Å²) < 4.78 is 30.4. The molecule has 0 bridgehead atoms. The quantitative estimate of drug-likeness (QED) is 0.531. The molecular weight excluding hydrogens is 324 g/mol. The molecule has 19 heavy (non-hydrogen) atoms. The lowest BCUT2D eigenvalue weighted by Gasteiger charge is -1.94. The van der Waals surface area contributed by atoms with Crippen LogP contribution < -0.4 is 0 Å². The van der Waals surface area contributed by atoms with Gasteiger partial charge in [0, 0.05) is 55.8 Å². The Bertz CT molecular complexity index is 277. The normalized spacial score (nSPS) is 18.8. The lowest BCUT2D eigenvalue weighted by atomic mass is 11.0. The average Bonchev–Trinajstić information content (AvgIpc) is 2.16. The summed E-state index contributed by atoms with van der Waals surface area (Å²) in [6.45, 7) is 9.15. The van der Waals surface area contributed by atoms with E-state index in [1.54, 1.807) is 20.8 Å². The summed E-state index contributed by atoms with van der Waals surface area (Å²) in [6, 6.07) is 0. The highest BCUT2D eigenvalue weighted by atomic mass is 31.2. The second kappa shape index (κ2) is 12.8. The first-order valence-electron chi connectivity index (χ1n) is 5.56. The third-order valence-corrected chi connectivity index (χ3v) is 5.28. The SMILES string of the molecule is CCP(C)(=O)O.CCP(C)(=O)O.CCP(C)(=O)O.[Al]. The molecule has 0 fully saturated rings. The van der Waals surface area contributed by atoms with Crippen molar-refractivity contribution in [2.24, 2.45) is 0 Å². The maximum absolute atomic E-state index is 10.1. The Balaban J connectivity index is -0.0000000865. The van der Waals surface area contributed by atoms with Gasteiger partial charge in [0.2, 0.25) is 0 Å². The van der Waals surface area contributed by atoms with Gasteiger partial charge in [-0.15, -0.1) is 0 Å². The summed E-state index contributed by atoms with van der Waals surface area (Å²) in [5.74, 6) is 0. The van der Waals surface area contributed by atoms with Gasteiger partial charge >= 0.3 is 0 Å². The van der Waals surface area contributed by atoms with Crippen molar-refractivity contribution in [2.75, 3.05) is 38.5 Å². The average molecular weight is 351 g/mol. The largest absolute Gasteiger partial charge is 0.344 e. The maximum Gasteiger partial charge on any atom is 0.197 e. The molecule has 10 heteroatoms. The van der Waals surface area contributed by atoms with Crippen LogP contribution in [0.2, 0.25) is 0 Å². The van der Waals surface area contributed by atoms with Crippen LogP contribution in [0.3, 0.4) is 0 Å². The Morgan fingerprint density at radius 1 is 0.632 bits per heavy atom. The molecule has 0 saturated carbocycles. The van der Waals surface area contributed by atoms with Crippen LogP contribution >= 0.6 is 22.1 Å². The smallest absolute Gasteiger partial charge is 0.197 e. The molecule has 3 unspecified atom stereocenters. The van der Waals surface area contributed by atoms with Crippen molar-refractivity contribution in [3.8, 4) is 0 Å². The van der Waals surface area contributed by atoms with Gasteiger partial charge in [0.15, 0.2) is 22.1 Å². The molecule has 0 aromatic heterocycles. The second-order valence-electron chi connectivity index (χ2n) is 4.10. The van der Waals surface area contributed by atoms with Crippen LogP contribution in [0.1, 0.15) is 20.8 Å². The van der Waals surface area contributed by atoms with Crippen LogP contribution in [0.4, 0.5) is 0 Å². The van der Waals surface area contributed by atoms with Crippen molar-refractivity contribution in [1.82, 2.24) is 0 Å². The van der Waals surface area contributed by atoms with Crippen molar-refractivity contribution in [3.63, 3.8) is 0 Å². The van der Waals surface area contributed by atoms with E-state index in [1.807, 2.05) is 0 Å². The van der Waals surface area contributed by atoms with Crippen LogP contribution in [0, 0.1) is 0 Å². The zero-order valence-corrected chi connectivity index (χ0v) is 16.4. The molecule has 0 heterocycles. The molecule has 0 aliphatic carbocycles. The second-order valence-corrected chi connectivity index (χ2v) is 12.3. The summed E-state index contributed by atoms with van der Waals surface area (Å²) in [5.41, 5.74) is 0. The van der Waals surface area contributed by atoms with Gasteiger partial charge in [0.1, 0.15) is 0 Å². The minimum atomic E-state index is -2.65. The van der Waals surface area contributed by atoms with Crippen molar-refractivity contribution in [3.05, 3.63) is 0 Å². The topological polar surface area (TPSA) is 112 Å². The van der Waals surface area contributed by atoms with Gasteiger partial charge < -0.3 is 14.7 Å². The van der Waals surface area contributed by atoms with Gasteiger partial charge in [-0.3, -0.25) is 13.7 Å². The summed E-state index contributed by atoms with van der Waals surface area (Å²) in [7, 11) is -7.94. The van der Waals surface area contributed by atoms with Gasteiger partial charge in [-0.05, 0) is 0 Å². The number of hydrogen-bond acceptors (Lipinski definition) is 3. The van der Waals surface area contributed by atoms with E-state index in [0.717, 1.165) is 0 Å². The van der Waals surface area contributed by atoms with Crippen molar-refractivity contribution in [2.45, 2.75) is 20.8 Å². The van der Waals surface area contributed by atoms with Crippen molar-refractivity contribution < 1.29 is 28.4 Å². The fraction of sp³-hybridized carbons (Fsp3) is 1.00. The van der Waals surface area contributed by atoms with E-state index in [1.165, 1.54) is 20.0 Å². The summed E-state index contributed by atoms with van der Waals surface area (Å²) in [5, 5.41) is 0. The van der Waals surface area contributed by atoms with Crippen LogP contribution in [0.25, 0.3) is 0 Å². The Kier molecular flexibility index (Phi) is 19.1. The number of hydrogen-bond donors (Lipinski definition) is 3. The lowest BCUT2D eigenvalue weighted by Crippen LogP contribution is -1.75. The molecule has 0 aliphatic rings. The van der Waals surface area contributed by atoms with Gasteiger partial charge in [-0.25, -0.2) is 0 Å². The first-order valence-corrected chi connectivity index (χ1v) is 12.4. The molecule has 0 spiro atoms. The van der Waals surface area contributed by atoms with E-state index in [0.29, 0.717) is 18.5 Å². The zero-order valence-electron chi connectivity index (χ0n) is 12.6. The first kappa shape index (κ1) is 28.3. The Labute approximate surface area is 127 Å². The highest BCUT2D eigenvalue weighted by Gasteiger charge is 2.02. The van der Waals surface area contributed by atoms with Crippen LogP contribution in [-0.2, 0) is 13.7 Å². The number of rotatable bonds is 3. The van der Waals surface area contributed by atoms with Crippen molar-refractivity contribution in [1.29, 1.82) is 0 Å². The molecule has 3 N–H and O–H groups in total. The summed E-state index contributed by atoms with van der Waals surface area (Å²) in [4.78, 5) is 25.1. The van der Waals surface area contributed by atoms with Crippen LogP contribution in [-0.4, -0.2) is 70.5 Å². The minimum absolute atomic E-state index is 0. The molecule has 3 atom stereocenters. The summed E-state index contributed by atoms with van der Waals surface area (Å²) >= 11 is 0. The van der Waals surface area contributed by atoms with E-state index in [9.17, 15) is 13.7 Å². The Hall–Kier alpha value is 1.10. The molecule has 3 radical (unpaired) electrons. The van der Waals surface area contributed by atoms with Gasteiger partial charge in [0.05, 0.1) is 0 Å². The molecule has 0 aliphatic heterocycles. The predicted octanol–water partition coefficient (Wildman–Crippen LogP) is 2.34. The molecule has 6 nitrogen and oxygen atoms in total. The monoisotopic (exact) mass is 351 g/mol. The fourth-order valence-corrected chi connectivity index (χ4v) is 0. The molecule has 0 aromatic carbocycles. The summed E-state index contributed by atoms with van der Waals surface area (Å²) in [6.07, 6.45) is 1.15. The lowest BCUT2D eigenvalue weighted by molar-refractivity contribution is 0.485. The van der Waals surface area contributed by atoms with Crippen LogP contribution in [0.5, 0.6) is 0 Å². The molecular formula is C9H27AlO6P3. The highest BCUT2D eigenvalue weighted by molar-refractivity contribution is 7.57. The van der Waals surface area contributed by atoms with Crippen molar-refractivity contribution >= 4 is 39.5 Å². The van der Waals surface area contributed by atoms with E-state index < -0.39 is 22.1 Å². The molecule has 0 amide bonds. The standard InChI is InChI=1S/3C3H9O2P.Al/c3*1-3-6(2,4)5;/h3*3H2,1-2H3,(H,4,5);. The van der Waals surface area contributed by atoms with Crippen LogP contribution in [0.15, 0.2) is 0 Å². The third kappa shape index (κ3) is 54.7. The van der Waals surface area contributed by atoms with Gasteiger partial charge in [-0.2, -0.15) is 0 Å². The molecule has 0 saturated heterocycles. The van der Waals surface area contributed by atoms with E-state index in [4.69, 9.17) is 14.7 Å². The molecule has 117 valence electrons. The van der Waals surface area contributed by atoms with E-state index >= 15 is 0 Å². The van der Waals surface area contributed by atoms with E-state index in [2.05, 4.69) is 0 Å². The minimum Gasteiger partial charge on any atom is -0.344 e. The van der Waals surface area contributed by atoms with E-state index in [-0.39, 0.29) is 17.4 Å². The Morgan fingerprint density at radius 3 is 0.684 bits per heavy atom. The predicted molar refractivity (Wildman–Crippen MR) is 84.6 cm³/mol. The Morgan fingerprint density at radius 2 is 0.684 bits per heavy atom. The third-order valence-electron chi connectivity index (χ3n) is 1.76.